The van der Waals surface area contributed by atoms with Crippen LogP contribution in [0.1, 0.15) is 31.0 Å². The van der Waals surface area contributed by atoms with Crippen molar-refractivity contribution in [2.75, 3.05) is 20.8 Å². The number of carbonyl (C=O) groups excluding carboxylic acids is 2. The van der Waals surface area contributed by atoms with Crippen molar-refractivity contribution in [1.82, 2.24) is 4.57 Å². The van der Waals surface area contributed by atoms with Gasteiger partial charge in [0.1, 0.15) is 23.9 Å². The number of aromatic nitrogens is 1. The number of hydrogen-bond donors (Lipinski definition) is 0. The molecule has 1 aliphatic rings. The minimum absolute atomic E-state index is 0.00772. The molecule has 38 heavy (non-hydrogen) atoms. The number of esters is 2. The van der Waals surface area contributed by atoms with Crippen molar-refractivity contribution in [2.24, 2.45) is 4.99 Å². The van der Waals surface area contributed by atoms with Crippen molar-refractivity contribution in [2.45, 2.75) is 19.9 Å². The van der Waals surface area contributed by atoms with Crippen LogP contribution in [0.3, 0.4) is 0 Å². The summed E-state index contributed by atoms with van der Waals surface area (Å²) in [6.07, 6.45) is 3.18. The van der Waals surface area contributed by atoms with Crippen LogP contribution in [0.5, 0.6) is 17.2 Å². The van der Waals surface area contributed by atoms with Crippen LogP contribution in [0.2, 0.25) is 0 Å². The Balaban J connectivity index is 1.92. The summed E-state index contributed by atoms with van der Waals surface area (Å²) in [5.74, 6) is 0.458. The van der Waals surface area contributed by atoms with Gasteiger partial charge in [0.15, 0.2) is 4.80 Å². The van der Waals surface area contributed by atoms with E-state index in [2.05, 4.69) is 11.6 Å². The number of carbonyl (C=O) groups is 2. The number of hydrogen-bond acceptors (Lipinski definition) is 9. The molecule has 3 aromatic rings. The van der Waals surface area contributed by atoms with Crippen LogP contribution in [0, 0.1) is 0 Å². The SMILES string of the molecule is C=CCOC(=O)C1=C(C)N=c2s/c(=C/c3cc(OC)ccc3OC)c(=O)n2[C@@H]1c1ccc(OC(C)=O)cc1. The molecular weight excluding hydrogens is 508 g/mol. The predicted octanol–water partition coefficient (Wildman–Crippen LogP) is 2.91. The Hall–Kier alpha value is -4.44. The molecule has 0 N–H and O–H groups in total. The van der Waals surface area contributed by atoms with Crippen molar-refractivity contribution in [3.63, 3.8) is 0 Å². The second-order valence-corrected chi connectivity index (χ2v) is 9.25. The lowest BCUT2D eigenvalue weighted by molar-refractivity contribution is -0.138. The minimum atomic E-state index is -0.815. The molecule has 1 aromatic heterocycles. The lowest BCUT2D eigenvalue weighted by atomic mass is 9.96. The second-order valence-electron chi connectivity index (χ2n) is 8.24. The Kier molecular flexibility index (Phi) is 7.92. The van der Waals surface area contributed by atoms with Crippen LogP contribution in [-0.4, -0.2) is 37.3 Å². The van der Waals surface area contributed by atoms with Gasteiger partial charge in [0.2, 0.25) is 0 Å². The fourth-order valence-electron chi connectivity index (χ4n) is 4.09. The third kappa shape index (κ3) is 5.30. The van der Waals surface area contributed by atoms with Gasteiger partial charge in [0, 0.05) is 12.5 Å². The lowest BCUT2D eigenvalue weighted by Gasteiger charge is -2.24. The van der Waals surface area contributed by atoms with Crippen LogP contribution in [0.15, 0.2) is 76.2 Å². The van der Waals surface area contributed by atoms with Crippen LogP contribution in [0.4, 0.5) is 0 Å². The first-order valence-electron chi connectivity index (χ1n) is 11.6. The highest BCUT2D eigenvalue weighted by atomic mass is 32.1. The summed E-state index contributed by atoms with van der Waals surface area (Å²) >= 11 is 1.19. The van der Waals surface area contributed by atoms with E-state index in [4.69, 9.17) is 18.9 Å². The Morgan fingerprint density at radius 2 is 1.82 bits per heavy atom. The van der Waals surface area contributed by atoms with E-state index in [0.717, 1.165) is 0 Å². The van der Waals surface area contributed by atoms with Gasteiger partial charge in [-0.1, -0.05) is 36.1 Å². The molecule has 2 heterocycles. The van der Waals surface area contributed by atoms with Crippen molar-refractivity contribution in [3.05, 3.63) is 97.2 Å². The number of ether oxygens (including phenoxy) is 4. The van der Waals surface area contributed by atoms with Crippen LogP contribution < -0.4 is 29.1 Å². The Morgan fingerprint density at radius 3 is 2.45 bits per heavy atom. The summed E-state index contributed by atoms with van der Waals surface area (Å²) < 4.78 is 23.2. The molecule has 0 saturated heterocycles. The second kappa shape index (κ2) is 11.3. The standard InChI is InChI=1S/C28H26N2O7S/c1-6-13-36-27(33)24-16(2)29-28-30(25(24)18-7-9-20(10-8-18)37-17(3)31)26(32)23(38-28)15-19-14-21(34-4)11-12-22(19)35-5/h6-12,14-15,25H,1,13H2,2-5H3/b23-15+/t25-/m1/s1. The number of methoxy groups -OCH3 is 2. The number of nitrogens with zero attached hydrogens (tertiary/aromatic N) is 2. The van der Waals surface area contributed by atoms with E-state index in [-0.39, 0.29) is 17.7 Å². The Labute approximate surface area is 222 Å². The van der Waals surface area contributed by atoms with Gasteiger partial charge in [-0.2, -0.15) is 0 Å². The summed E-state index contributed by atoms with van der Waals surface area (Å²) in [7, 11) is 3.10. The van der Waals surface area contributed by atoms with Crippen molar-refractivity contribution in [3.8, 4) is 17.2 Å². The van der Waals surface area contributed by atoms with Gasteiger partial charge in [0.25, 0.3) is 5.56 Å². The highest BCUT2D eigenvalue weighted by molar-refractivity contribution is 7.07. The highest BCUT2D eigenvalue weighted by Gasteiger charge is 2.33. The topological polar surface area (TPSA) is 105 Å². The predicted molar refractivity (Wildman–Crippen MR) is 142 cm³/mol. The van der Waals surface area contributed by atoms with Gasteiger partial charge in [-0.25, -0.2) is 9.79 Å². The van der Waals surface area contributed by atoms with Crippen LogP contribution in [-0.2, 0) is 14.3 Å². The molecule has 2 aromatic carbocycles. The Morgan fingerprint density at radius 1 is 1.11 bits per heavy atom. The first-order chi connectivity index (χ1) is 18.3. The lowest BCUT2D eigenvalue weighted by Crippen LogP contribution is -2.39. The van der Waals surface area contributed by atoms with E-state index in [1.165, 1.54) is 28.9 Å². The van der Waals surface area contributed by atoms with Gasteiger partial charge >= 0.3 is 11.9 Å². The first-order valence-corrected chi connectivity index (χ1v) is 12.4. The molecule has 0 saturated carbocycles. The van der Waals surface area contributed by atoms with Gasteiger partial charge < -0.3 is 18.9 Å². The number of rotatable bonds is 8. The third-order valence-corrected chi connectivity index (χ3v) is 6.74. The van der Waals surface area contributed by atoms with Gasteiger partial charge in [0.05, 0.1) is 36.1 Å². The average molecular weight is 535 g/mol. The van der Waals surface area contributed by atoms with E-state index < -0.39 is 18.0 Å². The maximum Gasteiger partial charge on any atom is 0.338 e. The van der Waals surface area contributed by atoms with E-state index >= 15 is 0 Å². The van der Waals surface area contributed by atoms with Gasteiger partial charge in [-0.05, 0) is 48.9 Å². The fourth-order valence-corrected chi connectivity index (χ4v) is 5.13. The molecule has 10 heteroatoms. The number of thiazole rings is 1. The minimum Gasteiger partial charge on any atom is -0.497 e. The normalized spacial score (nSPS) is 14.8. The number of benzene rings is 2. The Bertz CT molecular complexity index is 1610. The molecule has 0 aliphatic carbocycles. The summed E-state index contributed by atoms with van der Waals surface area (Å²) in [5.41, 5.74) is 1.59. The largest absolute Gasteiger partial charge is 0.497 e. The van der Waals surface area contributed by atoms with Gasteiger partial charge in [-0.15, -0.1) is 0 Å². The zero-order valence-electron chi connectivity index (χ0n) is 21.3. The zero-order chi connectivity index (χ0) is 27.4. The maximum atomic E-state index is 13.8. The van der Waals surface area contributed by atoms with Crippen molar-refractivity contribution >= 4 is 29.4 Å². The molecule has 0 spiro atoms. The summed E-state index contributed by atoms with van der Waals surface area (Å²) in [4.78, 5) is 43.3. The smallest absolute Gasteiger partial charge is 0.338 e. The monoisotopic (exact) mass is 534 g/mol. The molecule has 0 fully saturated rings. The number of allylic oxidation sites excluding steroid dienone is 1. The van der Waals surface area contributed by atoms with E-state index in [1.807, 2.05) is 0 Å². The molecule has 0 unspecified atom stereocenters. The average Bonchev–Trinajstić information content (AvgIpc) is 3.20. The highest BCUT2D eigenvalue weighted by Crippen LogP contribution is 2.32. The van der Waals surface area contributed by atoms with E-state index in [1.54, 1.807) is 69.7 Å². The molecule has 9 nitrogen and oxygen atoms in total. The first kappa shape index (κ1) is 26.6. The van der Waals surface area contributed by atoms with E-state index in [0.29, 0.717) is 43.4 Å². The molecule has 0 bridgehead atoms. The fraction of sp³-hybridized carbons (Fsp3) is 0.214. The van der Waals surface area contributed by atoms with Crippen molar-refractivity contribution < 1.29 is 28.5 Å². The van der Waals surface area contributed by atoms with E-state index in [9.17, 15) is 14.4 Å². The molecule has 1 aliphatic heterocycles. The summed E-state index contributed by atoms with van der Waals surface area (Å²) in [6.45, 7) is 6.61. The van der Waals surface area contributed by atoms with Gasteiger partial charge in [-0.3, -0.25) is 14.2 Å². The van der Waals surface area contributed by atoms with Crippen LogP contribution in [0.25, 0.3) is 6.08 Å². The molecule has 196 valence electrons. The quantitative estimate of drug-likeness (QED) is 0.249. The molecule has 4 rings (SSSR count). The molecular formula is C28H26N2O7S. The maximum absolute atomic E-state index is 13.8. The molecule has 0 amide bonds. The zero-order valence-corrected chi connectivity index (χ0v) is 22.2. The van der Waals surface area contributed by atoms with Crippen LogP contribution >= 0.6 is 11.3 Å². The summed E-state index contributed by atoms with van der Waals surface area (Å²) in [5, 5.41) is 0. The third-order valence-electron chi connectivity index (χ3n) is 5.75. The molecule has 0 radical (unpaired) electrons. The summed E-state index contributed by atoms with van der Waals surface area (Å²) in [6, 6.07) is 11.1. The number of fused-ring (bicyclic) bond motifs is 1. The molecule has 1 atom stereocenters. The van der Waals surface area contributed by atoms with Crippen molar-refractivity contribution in [1.29, 1.82) is 0 Å².